The Labute approximate surface area is 166 Å². The summed E-state index contributed by atoms with van der Waals surface area (Å²) in [5, 5.41) is 2.94. The number of carbonyl (C=O) groups is 2. The van der Waals surface area contributed by atoms with E-state index < -0.39 is 5.82 Å². The van der Waals surface area contributed by atoms with Crippen molar-refractivity contribution in [2.75, 3.05) is 46.4 Å². The molecular formula is C21H30FN3O3. The van der Waals surface area contributed by atoms with Crippen molar-refractivity contribution in [2.24, 2.45) is 5.92 Å². The highest BCUT2D eigenvalue weighted by atomic mass is 19.1. The van der Waals surface area contributed by atoms with Crippen molar-refractivity contribution in [1.82, 2.24) is 15.1 Å². The first-order valence-electron chi connectivity index (χ1n) is 10.1. The number of carbonyl (C=O) groups excluding carboxylic acids is 2. The lowest BCUT2D eigenvalue weighted by Crippen LogP contribution is -2.51. The van der Waals surface area contributed by atoms with Crippen LogP contribution in [-0.2, 0) is 9.53 Å². The van der Waals surface area contributed by atoms with Crippen molar-refractivity contribution in [3.05, 3.63) is 35.6 Å². The fourth-order valence-electron chi connectivity index (χ4n) is 4.21. The van der Waals surface area contributed by atoms with E-state index in [1.54, 1.807) is 30.2 Å². The van der Waals surface area contributed by atoms with Gasteiger partial charge in [0.2, 0.25) is 5.91 Å². The van der Waals surface area contributed by atoms with Gasteiger partial charge in [0.15, 0.2) is 0 Å². The lowest BCUT2D eigenvalue weighted by Gasteiger charge is -2.42. The van der Waals surface area contributed by atoms with Crippen molar-refractivity contribution in [2.45, 2.75) is 31.7 Å². The van der Waals surface area contributed by atoms with Crippen molar-refractivity contribution in [3.8, 4) is 0 Å². The van der Waals surface area contributed by atoms with Crippen LogP contribution < -0.4 is 5.32 Å². The van der Waals surface area contributed by atoms with Gasteiger partial charge in [-0.25, -0.2) is 4.39 Å². The molecule has 154 valence electrons. The molecule has 28 heavy (non-hydrogen) atoms. The summed E-state index contributed by atoms with van der Waals surface area (Å²) in [6, 6.07) is 6.52. The molecule has 2 fully saturated rings. The molecule has 6 nitrogen and oxygen atoms in total. The number of nitrogens with zero attached hydrogens (tertiary/aromatic N) is 2. The minimum Gasteiger partial charge on any atom is -0.383 e. The third kappa shape index (κ3) is 5.08. The molecule has 0 bridgehead atoms. The van der Waals surface area contributed by atoms with Gasteiger partial charge in [0.1, 0.15) is 5.82 Å². The summed E-state index contributed by atoms with van der Waals surface area (Å²) < 4.78 is 18.9. The zero-order valence-corrected chi connectivity index (χ0v) is 16.5. The van der Waals surface area contributed by atoms with E-state index in [1.165, 1.54) is 6.07 Å². The van der Waals surface area contributed by atoms with E-state index in [1.807, 2.05) is 0 Å². The van der Waals surface area contributed by atoms with Gasteiger partial charge in [0, 0.05) is 39.3 Å². The fraction of sp³-hybridized carbons (Fsp3) is 0.619. The van der Waals surface area contributed by atoms with Gasteiger partial charge in [-0.1, -0.05) is 12.1 Å². The Kier molecular flexibility index (Phi) is 7.39. The summed E-state index contributed by atoms with van der Waals surface area (Å²) in [6.45, 7) is 4.08. The van der Waals surface area contributed by atoms with E-state index in [0.717, 1.165) is 38.8 Å². The predicted molar refractivity (Wildman–Crippen MR) is 105 cm³/mol. The van der Waals surface area contributed by atoms with Crippen LogP contribution >= 0.6 is 0 Å². The maximum atomic E-state index is 13.9. The van der Waals surface area contributed by atoms with Gasteiger partial charge in [0.05, 0.1) is 18.1 Å². The molecule has 2 saturated heterocycles. The number of benzene rings is 1. The first-order valence-corrected chi connectivity index (χ1v) is 10.1. The zero-order valence-electron chi connectivity index (χ0n) is 16.5. The van der Waals surface area contributed by atoms with E-state index in [2.05, 4.69) is 10.2 Å². The molecule has 1 N–H and O–H groups in total. The standard InChI is InChI=1S/C21H30FN3O3/c1-28-14-10-23-20(26)16-5-4-11-25(15-16)17-8-12-24(13-9-17)21(27)18-6-2-3-7-19(18)22/h2-3,6-7,16-17H,4-5,8-15H2,1H3,(H,23,26)/t16-/m1/s1. The molecule has 2 aliphatic heterocycles. The molecule has 3 rings (SSSR count). The Bertz CT molecular complexity index is 677. The van der Waals surface area contributed by atoms with Crippen LogP contribution in [0.3, 0.4) is 0 Å². The molecule has 0 unspecified atom stereocenters. The Morgan fingerprint density at radius 1 is 1.18 bits per heavy atom. The summed E-state index contributed by atoms with van der Waals surface area (Å²) in [4.78, 5) is 29.1. The molecular weight excluding hydrogens is 361 g/mol. The average Bonchev–Trinajstić information content (AvgIpc) is 2.74. The SMILES string of the molecule is COCCNC(=O)[C@@H]1CCCN(C2CCN(C(=O)c3ccccc3F)CC2)C1. The van der Waals surface area contributed by atoms with Gasteiger partial charge in [-0.3, -0.25) is 14.5 Å². The normalized spacial score (nSPS) is 21.5. The van der Waals surface area contributed by atoms with Crippen molar-refractivity contribution in [3.63, 3.8) is 0 Å². The second-order valence-corrected chi connectivity index (χ2v) is 7.62. The molecule has 1 atom stereocenters. The molecule has 0 aromatic heterocycles. The molecule has 7 heteroatoms. The number of methoxy groups -OCH3 is 1. The minimum absolute atomic E-state index is 0.0173. The lowest BCUT2D eigenvalue weighted by atomic mass is 9.93. The van der Waals surface area contributed by atoms with E-state index in [-0.39, 0.29) is 23.3 Å². The van der Waals surface area contributed by atoms with Gasteiger partial charge in [0.25, 0.3) is 5.91 Å². The smallest absolute Gasteiger partial charge is 0.256 e. The molecule has 0 saturated carbocycles. The molecule has 2 amide bonds. The van der Waals surface area contributed by atoms with Crippen LogP contribution in [0, 0.1) is 11.7 Å². The molecule has 1 aromatic carbocycles. The maximum Gasteiger partial charge on any atom is 0.256 e. The Morgan fingerprint density at radius 3 is 2.64 bits per heavy atom. The number of nitrogens with one attached hydrogen (secondary N) is 1. The minimum atomic E-state index is -0.465. The van der Waals surface area contributed by atoms with Crippen LogP contribution in [0.25, 0.3) is 0 Å². The summed E-state index contributed by atoms with van der Waals surface area (Å²) in [5.41, 5.74) is 0.145. The van der Waals surface area contributed by atoms with E-state index in [4.69, 9.17) is 4.74 Å². The van der Waals surface area contributed by atoms with E-state index in [9.17, 15) is 14.0 Å². The largest absolute Gasteiger partial charge is 0.383 e. The molecule has 1 aromatic rings. The number of piperidine rings is 2. The first-order chi connectivity index (χ1) is 13.6. The third-order valence-corrected chi connectivity index (χ3v) is 5.80. The molecule has 2 heterocycles. The summed E-state index contributed by atoms with van der Waals surface area (Å²) in [5.74, 6) is -0.573. The monoisotopic (exact) mass is 391 g/mol. The van der Waals surface area contributed by atoms with Crippen LogP contribution in [0.5, 0.6) is 0 Å². The van der Waals surface area contributed by atoms with Crippen molar-refractivity contribution >= 4 is 11.8 Å². The van der Waals surface area contributed by atoms with Crippen LogP contribution in [0.15, 0.2) is 24.3 Å². The second kappa shape index (κ2) is 9.98. The summed E-state index contributed by atoms with van der Waals surface area (Å²) in [6.07, 6.45) is 3.65. The topological polar surface area (TPSA) is 61.9 Å². The molecule has 2 aliphatic rings. The summed E-state index contributed by atoms with van der Waals surface area (Å²) >= 11 is 0. The summed E-state index contributed by atoms with van der Waals surface area (Å²) in [7, 11) is 1.62. The number of ether oxygens (including phenoxy) is 1. The van der Waals surface area contributed by atoms with Gasteiger partial charge in [-0.15, -0.1) is 0 Å². The highest BCUT2D eigenvalue weighted by molar-refractivity contribution is 5.94. The van der Waals surface area contributed by atoms with Crippen LogP contribution in [-0.4, -0.2) is 74.1 Å². The maximum absolute atomic E-state index is 13.9. The quantitative estimate of drug-likeness (QED) is 0.753. The number of halogens is 1. The molecule has 0 radical (unpaired) electrons. The second-order valence-electron chi connectivity index (χ2n) is 7.62. The Balaban J connectivity index is 1.49. The average molecular weight is 391 g/mol. The predicted octanol–water partition coefficient (Wildman–Crippen LogP) is 1.90. The Hall–Kier alpha value is -1.99. The number of amides is 2. The van der Waals surface area contributed by atoms with Crippen LogP contribution in [0.4, 0.5) is 4.39 Å². The van der Waals surface area contributed by atoms with Crippen molar-refractivity contribution in [1.29, 1.82) is 0 Å². The van der Waals surface area contributed by atoms with E-state index in [0.29, 0.717) is 32.3 Å². The van der Waals surface area contributed by atoms with Gasteiger partial charge < -0.3 is 15.0 Å². The third-order valence-electron chi connectivity index (χ3n) is 5.80. The molecule has 0 aliphatic carbocycles. The lowest BCUT2D eigenvalue weighted by molar-refractivity contribution is -0.127. The van der Waals surface area contributed by atoms with Gasteiger partial charge in [-0.2, -0.15) is 0 Å². The number of rotatable bonds is 6. The highest BCUT2D eigenvalue weighted by Gasteiger charge is 2.33. The van der Waals surface area contributed by atoms with E-state index >= 15 is 0 Å². The van der Waals surface area contributed by atoms with Crippen molar-refractivity contribution < 1.29 is 18.7 Å². The zero-order chi connectivity index (χ0) is 19.9. The Morgan fingerprint density at radius 2 is 1.93 bits per heavy atom. The molecule has 0 spiro atoms. The number of hydrogen-bond donors (Lipinski definition) is 1. The highest BCUT2D eigenvalue weighted by Crippen LogP contribution is 2.25. The number of likely N-dealkylation sites (tertiary alicyclic amines) is 2. The van der Waals surface area contributed by atoms with Gasteiger partial charge in [-0.05, 0) is 44.4 Å². The van der Waals surface area contributed by atoms with Gasteiger partial charge >= 0.3 is 0 Å². The number of hydrogen-bond acceptors (Lipinski definition) is 4. The first kappa shape index (κ1) is 20.7. The van der Waals surface area contributed by atoms with Crippen LogP contribution in [0.2, 0.25) is 0 Å². The van der Waals surface area contributed by atoms with Crippen LogP contribution in [0.1, 0.15) is 36.0 Å². The fourth-order valence-corrected chi connectivity index (χ4v) is 4.21.